The molecule has 2 aromatic carbocycles. The normalized spacial score (nSPS) is 17.2. The zero-order valence-electron chi connectivity index (χ0n) is 18.6. The van der Waals surface area contributed by atoms with E-state index in [1.54, 1.807) is 11.8 Å². The Hall–Kier alpha value is -3.48. The number of rotatable bonds is 5. The number of thioether (sulfide) groups is 1. The first kappa shape index (κ1) is 22.7. The van der Waals surface area contributed by atoms with Crippen molar-refractivity contribution in [1.29, 1.82) is 10.5 Å². The number of hydrogen-bond acceptors (Lipinski definition) is 5. The van der Waals surface area contributed by atoms with Gasteiger partial charge in [-0.15, -0.1) is 11.8 Å². The van der Waals surface area contributed by atoms with Crippen molar-refractivity contribution >= 4 is 23.4 Å². The standard InChI is InChI=1S/C27H26N4OS/c1-19-24(25(32)31-22-8-4-2-5-9-22)27(14-6-3-7-15-27)23(17-29)26(30-19)33-18-21-12-10-20(16-28)11-13-21/h2,4-5,8-13,30H,3,6-7,14-15,18H2,1H3,(H,31,32). The topological polar surface area (TPSA) is 88.7 Å². The lowest BCUT2D eigenvalue weighted by molar-refractivity contribution is -0.114. The molecule has 4 rings (SSSR count). The summed E-state index contributed by atoms with van der Waals surface area (Å²) in [5.41, 5.74) is 4.07. The summed E-state index contributed by atoms with van der Waals surface area (Å²) in [4.78, 5) is 13.5. The zero-order chi connectivity index (χ0) is 23.3. The van der Waals surface area contributed by atoms with Gasteiger partial charge in [-0.1, -0.05) is 49.6 Å². The summed E-state index contributed by atoms with van der Waals surface area (Å²) in [7, 11) is 0. The molecule has 0 bridgehead atoms. The van der Waals surface area contributed by atoms with Gasteiger partial charge in [-0.3, -0.25) is 4.79 Å². The molecule has 166 valence electrons. The monoisotopic (exact) mass is 454 g/mol. The van der Waals surface area contributed by atoms with E-state index in [2.05, 4.69) is 22.8 Å². The van der Waals surface area contributed by atoms with Crippen molar-refractivity contribution in [2.24, 2.45) is 5.41 Å². The lowest BCUT2D eigenvalue weighted by Gasteiger charge is -2.43. The van der Waals surface area contributed by atoms with E-state index in [0.717, 1.165) is 54.1 Å². The van der Waals surface area contributed by atoms with Crippen LogP contribution < -0.4 is 10.6 Å². The van der Waals surface area contributed by atoms with Gasteiger partial charge in [0.1, 0.15) is 0 Å². The first-order valence-electron chi connectivity index (χ1n) is 11.2. The minimum atomic E-state index is -0.561. The summed E-state index contributed by atoms with van der Waals surface area (Å²) in [5, 5.41) is 26.5. The molecule has 0 atom stereocenters. The summed E-state index contributed by atoms with van der Waals surface area (Å²) in [6.45, 7) is 1.94. The number of para-hydroxylation sites is 1. The number of anilines is 1. The number of nitriles is 2. The zero-order valence-corrected chi connectivity index (χ0v) is 19.5. The second kappa shape index (κ2) is 9.98. The van der Waals surface area contributed by atoms with Crippen LogP contribution in [0.4, 0.5) is 5.69 Å². The number of hydrogen-bond donors (Lipinski definition) is 2. The van der Waals surface area contributed by atoms with Crippen LogP contribution >= 0.6 is 11.8 Å². The van der Waals surface area contributed by atoms with Crippen molar-refractivity contribution in [1.82, 2.24) is 5.32 Å². The predicted molar refractivity (Wildman–Crippen MR) is 132 cm³/mol. The Kier molecular flexibility index (Phi) is 6.87. The molecule has 1 heterocycles. The highest BCUT2D eigenvalue weighted by molar-refractivity contribution is 8.02. The number of benzene rings is 2. The highest BCUT2D eigenvalue weighted by Crippen LogP contribution is 2.53. The highest BCUT2D eigenvalue weighted by Gasteiger charge is 2.47. The van der Waals surface area contributed by atoms with E-state index in [1.165, 1.54) is 0 Å². The molecule has 0 aromatic heterocycles. The molecule has 1 amide bonds. The maximum atomic E-state index is 13.5. The Bertz CT molecular complexity index is 1180. The summed E-state index contributed by atoms with van der Waals surface area (Å²) in [6.07, 6.45) is 4.71. The van der Waals surface area contributed by atoms with Crippen LogP contribution in [0.5, 0.6) is 0 Å². The molecule has 1 spiro atoms. The number of allylic oxidation sites excluding steroid dienone is 2. The first-order valence-corrected chi connectivity index (χ1v) is 12.2. The average Bonchev–Trinajstić information content (AvgIpc) is 2.84. The van der Waals surface area contributed by atoms with Crippen molar-refractivity contribution in [3.8, 4) is 12.1 Å². The predicted octanol–water partition coefficient (Wildman–Crippen LogP) is 5.99. The van der Waals surface area contributed by atoms with E-state index in [1.807, 2.05) is 61.5 Å². The fourth-order valence-corrected chi connectivity index (χ4v) is 5.97. The highest BCUT2D eigenvalue weighted by atomic mass is 32.2. The molecular formula is C27H26N4OS. The minimum absolute atomic E-state index is 0.142. The van der Waals surface area contributed by atoms with Crippen LogP contribution in [0.3, 0.4) is 0 Å². The third-order valence-electron chi connectivity index (χ3n) is 6.40. The molecule has 0 saturated heterocycles. The number of nitrogens with zero attached hydrogens (tertiary/aromatic N) is 2. The van der Waals surface area contributed by atoms with Gasteiger partial charge in [-0.2, -0.15) is 10.5 Å². The van der Waals surface area contributed by atoms with Crippen LogP contribution in [0.15, 0.2) is 76.5 Å². The van der Waals surface area contributed by atoms with E-state index in [0.29, 0.717) is 22.5 Å². The summed E-state index contributed by atoms with van der Waals surface area (Å²) in [6, 6.07) is 21.6. The van der Waals surface area contributed by atoms with Gasteiger partial charge < -0.3 is 10.6 Å². The SMILES string of the molecule is CC1=C(C(=O)Nc2ccccc2)C2(CCCCC2)C(C#N)=C(SCc2ccc(C#N)cc2)N1. The van der Waals surface area contributed by atoms with Crippen molar-refractivity contribution in [2.45, 2.75) is 44.8 Å². The Balaban J connectivity index is 1.65. The maximum absolute atomic E-state index is 13.5. The number of carbonyl (C=O) groups is 1. The van der Waals surface area contributed by atoms with Gasteiger partial charge in [0, 0.05) is 28.1 Å². The number of carbonyl (C=O) groups excluding carboxylic acids is 1. The van der Waals surface area contributed by atoms with Crippen molar-refractivity contribution < 1.29 is 4.79 Å². The van der Waals surface area contributed by atoms with Gasteiger partial charge in [0.05, 0.1) is 28.3 Å². The third-order valence-corrected chi connectivity index (χ3v) is 7.48. The molecule has 6 heteroatoms. The Morgan fingerprint density at radius 3 is 2.36 bits per heavy atom. The van der Waals surface area contributed by atoms with Crippen LogP contribution in [0.2, 0.25) is 0 Å². The van der Waals surface area contributed by atoms with Crippen molar-refractivity contribution in [3.63, 3.8) is 0 Å². The van der Waals surface area contributed by atoms with Gasteiger partial charge in [-0.25, -0.2) is 0 Å². The van der Waals surface area contributed by atoms with Gasteiger partial charge in [-0.05, 0) is 49.6 Å². The average molecular weight is 455 g/mol. The Labute approximate surface area is 199 Å². The Morgan fingerprint density at radius 2 is 1.73 bits per heavy atom. The molecule has 1 saturated carbocycles. The lowest BCUT2D eigenvalue weighted by Crippen LogP contribution is -2.41. The van der Waals surface area contributed by atoms with Gasteiger partial charge >= 0.3 is 0 Å². The van der Waals surface area contributed by atoms with Crippen LogP contribution in [-0.2, 0) is 10.5 Å². The molecule has 1 aliphatic carbocycles. The number of nitrogens with one attached hydrogen (secondary N) is 2. The molecule has 2 N–H and O–H groups in total. The number of amides is 1. The third kappa shape index (κ3) is 4.67. The molecule has 33 heavy (non-hydrogen) atoms. The molecule has 1 fully saturated rings. The molecule has 2 aliphatic rings. The minimum Gasteiger partial charge on any atom is -0.353 e. The van der Waals surface area contributed by atoms with E-state index in [9.17, 15) is 10.1 Å². The van der Waals surface area contributed by atoms with Gasteiger partial charge in [0.15, 0.2) is 0 Å². The maximum Gasteiger partial charge on any atom is 0.254 e. The summed E-state index contributed by atoms with van der Waals surface area (Å²) >= 11 is 1.58. The smallest absolute Gasteiger partial charge is 0.254 e. The molecule has 0 radical (unpaired) electrons. The van der Waals surface area contributed by atoms with E-state index < -0.39 is 5.41 Å². The summed E-state index contributed by atoms with van der Waals surface area (Å²) < 4.78 is 0. The van der Waals surface area contributed by atoms with Crippen molar-refractivity contribution in [3.05, 3.63) is 87.6 Å². The molecule has 5 nitrogen and oxygen atoms in total. The van der Waals surface area contributed by atoms with Crippen LogP contribution in [-0.4, -0.2) is 5.91 Å². The van der Waals surface area contributed by atoms with E-state index in [4.69, 9.17) is 5.26 Å². The first-order chi connectivity index (χ1) is 16.1. The quantitative estimate of drug-likeness (QED) is 0.579. The molecule has 1 aliphatic heterocycles. The Morgan fingerprint density at radius 1 is 1.03 bits per heavy atom. The van der Waals surface area contributed by atoms with Gasteiger partial charge in [0.25, 0.3) is 5.91 Å². The van der Waals surface area contributed by atoms with Crippen LogP contribution in [0, 0.1) is 28.1 Å². The van der Waals surface area contributed by atoms with E-state index in [-0.39, 0.29) is 5.91 Å². The number of dihydropyridines is 1. The second-order valence-corrected chi connectivity index (χ2v) is 9.49. The van der Waals surface area contributed by atoms with Crippen molar-refractivity contribution in [2.75, 3.05) is 5.32 Å². The van der Waals surface area contributed by atoms with Crippen LogP contribution in [0.1, 0.15) is 50.2 Å². The molecular weight excluding hydrogens is 428 g/mol. The summed E-state index contributed by atoms with van der Waals surface area (Å²) in [5.74, 6) is 0.533. The molecule has 2 aromatic rings. The fourth-order valence-electron chi connectivity index (χ4n) is 4.85. The second-order valence-electron chi connectivity index (χ2n) is 8.50. The largest absolute Gasteiger partial charge is 0.353 e. The lowest BCUT2D eigenvalue weighted by atomic mass is 9.63. The van der Waals surface area contributed by atoms with E-state index >= 15 is 0 Å². The molecule has 0 unspecified atom stereocenters. The van der Waals surface area contributed by atoms with Gasteiger partial charge in [0.2, 0.25) is 0 Å². The van der Waals surface area contributed by atoms with Crippen LogP contribution in [0.25, 0.3) is 0 Å². The fraction of sp³-hybridized carbons (Fsp3) is 0.296.